The summed E-state index contributed by atoms with van der Waals surface area (Å²) in [4.78, 5) is 32.2. The summed E-state index contributed by atoms with van der Waals surface area (Å²) in [5.74, 6) is -1.14. The molecule has 1 N–H and O–H groups in total. The van der Waals surface area contributed by atoms with Crippen LogP contribution in [0.25, 0.3) is 0 Å². The fraction of sp³-hybridized carbons (Fsp3) is 0.133. The van der Waals surface area contributed by atoms with E-state index in [9.17, 15) is 30.1 Å². The number of benzene rings is 2. The van der Waals surface area contributed by atoms with Gasteiger partial charge in [-0.2, -0.15) is 0 Å². The Morgan fingerprint density at radius 2 is 1.79 bits per heavy atom. The van der Waals surface area contributed by atoms with Gasteiger partial charge in [-0.05, 0) is 12.5 Å². The number of carboxylic acids is 1. The highest BCUT2D eigenvalue weighted by atomic mass is 32.2. The lowest BCUT2D eigenvalue weighted by molar-refractivity contribution is -0.397. The molecule has 0 bridgehead atoms. The predicted octanol–water partition coefficient (Wildman–Crippen LogP) is 3.80. The molecule has 24 heavy (non-hydrogen) atoms. The molecule has 0 radical (unpaired) electrons. The normalized spacial score (nSPS) is 10.4. The molecule has 124 valence electrons. The first kappa shape index (κ1) is 17.4. The van der Waals surface area contributed by atoms with E-state index in [4.69, 9.17) is 0 Å². The molecule has 0 aliphatic carbocycles. The van der Waals surface area contributed by atoms with E-state index in [2.05, 4.69) is 0 Å². The number of nitro benzene ring substituents is 2. The van der Waals surface area contributed by atoms with Gasteiger partial charge in [0.05, 0.1) is 15.4 Å². The summed E-state index contributed by atoms with van der Waals surface area (Å²) < 4.78 is 0. The van der Waals surface area contributed by atoms with Crippen molar-refractivity contribution >= 4 is 29.1 Å². The molecule has 0 aromatic heterocycles. The number of carbonyl (C=O) groups is 1. The molecule has 0 spiro atoms. The van der Waals surface area contributed by atoms with Crippen LogP contribution in [0.2, 0.25) is 0 Å². The number of nitrogens with zero attached hydrogens (tertiary/aromatic N) is 2. The van der Waals surface area contributed by atoms with Gasteiger partial charge >= 0.3 is 5.97 Å². The topological polar surface area (TPSA) is 124 Å². The van der Waals surface area contributed by atoms with Gasteiger partial charge in [-0.3, -0.25) is 20.2 Å². The van der Waals surface area contributed by atoms with Gasteiger partial charge in [0.25, 0.3) is 11.4 Å². The summed E-state index contributed by atoms with van der Waals surface area (Å²) >= 11 is 0.973. The van der Waals surface area contributed by atoms with Crippen molar-refractivity contribution in [2.45, 2.75) is 17.6 Å². The van der Waals surface area contributed by atoms with Crippen molar-refractivity contribution in [3.8, 4) is 0 Å². The fourth-order valence-electron chi connectivity index (χ4n) is 2.17. The zero-order valence-electron chi connectivity index (χ0n) is 12.5. The summed E-state index contributed by atoms with van der Waals surface area (Å²) in [6.45, 7) is 1.24. The van der Waals surface area contributed by atoms with Gasteiger partial charge in [-0.1, -0.05) is 30.3 Å². The van der Waals surface area contributed by atoms with Crippen molar-refractivity contribution in [1.82, 2.24) is 0 Å². The van der Waals surface area contributed by atoms with Crippen molar-refractivity contribution in [2.24, 2.45) is 0 Å². The third-order valence-electron chi connectivity index (χ3n) is 3.32. The van der Waals surface area contributed by atoms with Crippen LogP contribution in [0.1, 0.15) is 21.5 Å². The van der Waals surface area contributed by atoms with Crippen LogP contribution < -0.4 is 0 Å². The van der Waals surface area contributed by atoms with Crippen molar-refractivity contribution in [2.75, 3.05) is 0 Å². The first-order valence-corrected chi connectivity index (χ1v) is 7.68. The van der Waals surface area contributed by atoms with Gasteiger partial charge in [0.15, 0.2) is 0 Å². The predicted molar refractivity (Wildman–Crippen MR) is 87.5 cm³/mol. The van der Waals surface area contributed by atoms with E-state index in [0.29, 0.717) is 5.75 Å². The zero-order chi connectivity index (χ0) is 17.9. The largest absolute Gasteiger partial charge is 0.478 e. The fourth-order valence-corrected chi connectivity index (χ4v) is 3.34. The molecule has 0 aliphatic rings. The van der Waals surface area contributed by atoms with Crippen molar-refractivity contribution < 1.29 is 19.7 Å². The summed E-state index contributed by atoms with van der Waals surface area (Å²) in [6, 6.07) is 9.88. The minimum Gasteiger partial charge on any atom is -0.478 e. The lowest BCUT2D eigenvalue weighted by atomic mass is 10.1. The van der Waals surface area contributed by atoms with Gasteiger partial charge in [-0.25, -0.2) is 4.79 Å². The van der Waals surface area contributed by atoms with Crippen LogP contribution in [0.3, 0.4) is 0 Å². The molecule has 0 heterocycles. The number of aromatic carboxylic acids is 1. The number of carboxylic acid groups (broad SMARTS) is 1. The van der Waals surface area contributed by atoms with Gasteiger partial charge in [-0.15, -0.1) is 11.8 Å². The summed E-state index contributed by atoms with van der Waals surface area (Å²) in [6.07, 6.45) is 0. The van der Waals surface area contributed by atoms with Crippen molar-refractivity contribution in [3.05, 3.63) is 73.3 Å². The maximum absolute atomic E-state index is 11.4. The second-order valence-electron chi connectivity index (χ2n) is 4.84. The van der Waals surface area contributed by atoms with Gasteiger partial charge in [0.1, 0.15) is 10.5 Å². The third kappa shape index (κ3) is 3.51. The number of hydrogen-bond acceptors (Lipinski definition) is 6. The number of thioether (sulfide) groups is 1. The summed E-state index contributed by atoms with van der Waals surface area (Å²) in [5.41, 5.74) is -0.875. The molecule has 2 rings (SSSR count). The number of hydrogen-bond donors (Lipinski definition) is 1. The van der Waals surface area contributed by atoms with Crippen LogP contribution in [-0.2, 0) is 5.75 Å². The minimum absolute atomic E-state index is 0.0838. The van der Waals surface area contributed by atoms with Crippen LogP contribution in [0.4, 0.5) is 11.4 Å². The SMILES string of the molecule is Cc1c([N+](=O)[O-])cc(C(=O)O)c(SCc2ccccc2)c1[N+](=O)[O-]. The number of nitro groups is 2. The van der Waals surface area contributed by atoms with Gasteiger partial charge < -0.3 is 5.11 Å². The third-order valence-corrected chi connectivity index (χ3v) is 4.50. The first-order chi connectivity index (χ1) is 11.3. The molecule has 0 fully saturated rings. The molecule has 0 amide bonds. The molecule has 0 unspecified atom stereocenters. The van der Waals surface area contributed by atoms with E-state index in [-0.39, 0.29) is 10.5 Å². The standard InChI is InChI=1S/C15H12N2O6S/c1-9-12(16(20)21)7-11(15(18)19)14(13(9)17(22)23)24-8-10-5-3-2-4-6-10/h2-7H,8H2,1H3,(H,18,19). The maximum atomic E-state index is 11.4. The van der Waals surface area contributed by atoms with Crippen LogP contribution in [-0.4, -0.2) is 20.9 Å². The quantitative estimate of drug-likeness (QED) is 0.478. The van der Waals surface area contributed by atoms with Crippen LogP contribution in [0.15, 0.2) is 41.3 Å². The first-order valence-electron chi connectivity index (χ1n) is 6.69. The monoisotopic (exact) mass is 348 g/mol. The minimum atomic E-state index is -1.45. The number of rotatable bonds is 6. The molecular weight excluding hydrogens is 336 g/mol. The molecule has 2 aromatic rings. The Labute approximate surface area is 140 Å². The highest BCUT2D eigenvalue weighted by molar-refractivity contribution is 7.98. The second-order valence-corrected chi connectivity index (χ2v) is 5.83. The molecule has 0 saturated carbocycles. The highest BCUT2D eigenvalue weighted by Crippen LogP contribution is 2.41. The van der Waals surface area contributed by atoms with Crippen LogP contribution >= 0.6 is 11.8 Å². The van der Waals surface area contributed by atoms with E-state index >= 15 is 0 Å². The molecule has 0 aliphatic heterocycles. The molecular formula is C15H12N2O6S. The lowest BCUT2D eigenvalue weighted by Gasteiger charge is -2.09. The van der Waals surface area contributed by atoms with Gasteiger partial charge in [0, 0.05) is 11.8 Å². The van der Waals surface area contributed by atoms with E-state index in [1.54, 1.807) is 24.3 Å². The van der Waals surface area contributed by atoms with Crippen molar-refractivity contribution in [1.29, 1.82) is 0 Å². The Hall–Kier alpha value is -2.94. The molecule has 0 atom stereocenters. The van der Waals surface area contributed by atoms with E-state index in [1.807, 2.05) is 6.07 Å². The lowest BCUT2D eigenvalue weighted by Crippen LogP contribution is -2.07. The Balaban J connectivity index is 2.58. The molecule has 2 aromatic carbocycles. The Bertz CT molecular complexity index is 822. The molecule has 9 heteroatoms. The molecule has 0 saturated heterocycles. The van der Waals surface area contributed by atoms with E-state index < -0.39 is 32.8 Å². The Morgan fingerprint density at radius 1 is 1.17 bits per heavy atom. The maximum Gasteiger partial charge on any atom is 0.337 e. The smallest absolute Gasteiger partial charge is 0.337 e. The zero-order valence-corrected chi connectivity index (χ0v) is 13.3. The van der Waals surface area contributed by atoms with Crippen molar-refractivity contribution in [3.63, 3.8) is 0 Å². The summed E-state index contributed by atoms with van der Waals surface area (Å²) in [7, 11) is 0. The van der Waals surface area contributed by atoms with Gasteiger partial charge in [0.2, 0.25) is 0 Å². The average Bonchev–Trinajstić information content (AvgIpc) is 2.52. The highest BCUT2D eigenvalue weighted by Gasteiger charge is 2.31. The van der Waals surface area contributed by atoms with E-state index in [0.717, 1.165) is 23.4 Å². The van der Waals surface area contributed by atoms with Crippen LogP contribution in [0, 0.1) is 27.2 Å². The Kier molecular flexibility index (Phi) is 5.14. The molecule has 8 nitrogen and oxygen atoms in total. The Morgan fingerprint density at radius 3 is 2.29 bits per heavy atom. The van der Waals surface area contributed by atoms with Crippen LogP contribution in [0.5, 0.6) is 0 Å². The summed E-state index contributed by atoms with van der Waals surface area (Å²) in [5, 5.41) is 31.7. The second kappa shape index (κ2) is 7.09. The van der Waals surface area contributed by atoms with E-state index in [1.165, 1.54) is 6.92 Å². The average molecular weight is 348 g/mol.